The molecular weight excluding hydrogens is 428 g/mol. The molecular formula is C23H36N4O6. The third kappa shape index (κ3) is 9.87. The molecule has 33 heavy (non-hydrogen) atoms. The Balaban J connectivity index is 2.25. The second kappa shape index (κ2) is 13.9. The summed E-state index contributed by atoms with van der Waals surface area (Å²) >= 11 is 0. The zero-order chi connectivity index (χ0) is 24.2. The van der Waals surface area contributed by atoms with Crippen molar-refractivity contribution in [2.75, 3.05) is 72.0 Å². The van der Waals surface area contributed by atoms with Gasteiger partial charge >= 0.3 is 17.9 Å². The fourth-order valence-electron chi connectivity index (χ4n) is 4.29. The SMILES string of the molecule is CCC(c1ccccc1)N1CCN(CC(=O)O)CCN(CC(=O)O)CCN(CC(=O)O)CC1. The average molecular weight is 465 g/mol. The molecule has 10 heteroatoms. The molecule has 2 rings (SSSR count). The fourth-order valence-corrected chi connectivity index (χ4v) is 4.29. The number of hydrogen-bond acceptors (Lipinski definition) is 7. The van der Waals surface area contributed by atoms with Gasteiger partial charge in [-0.2, -0.15) is 0 Å². The second-order valence-electron chi connectivity index (χ2n) is 8.38. The van der Waals surface area contributed by atoms with Crippen LogP contribution in [0.1, 0.15) is 24.9 Å². The average Bonchev–Trinajstić information content (AvgIpc) is 2.75. The highest BCUT2D eigenvalue weighted by atomic mass is 16.4. The normalized spacial score (nSPS) is 19.3. The summed E-state index contributed by atoms with van der Waals surface area (Å²) in [6.45, 7) is 5.67. The van der Waals surface area contributed by atoms with Crippen molar-refractivity contribution in [2.45, 2.75) is 19.4 Å². The van der Waals surface area contributed by atoms with Gasteiger partial charge in [0, 0.05) is 58.4 Å². The number of benzene rings is 1. The van der Waals surface area contributed by atoms with Gasteiger partial charge in [-0.25, -0.2) is 0 Å². The van der Waals surface area contributed by atoms with Crippen LogP contribution in [0.2, 0.25) is 0 Å². The van der Waals surface area contributed by atoms with Crippen LogP contribution in [0.5, 0.6) is 0 Å². The molecule has 10 nitrogen and oxygen atoms in total. The number of carboxylic acids is 3. The van der Waals surface area contributed by atoms with E-state index in [1.54, 1.807) is 4.90 Å². The van der Waals surface area contributed by atoms with Gasteiger partial charge in [-0.3, -0.25) is 34.0 Å². The molecule has 184 valence electrons. The smallest absolute Gasteiger partial charge is 0.317 e. The van der Waals surface area contributed by atoms with E-state index in [0.29, 0.717) is 52.4 Å². The van der Waals surface area contributed by atoms with Gasteiger partial charge in [-0.05, 0) is 12.0 Å². The Hall–Kier alpha value is -2.53. The second-order valence-corrected chi connectivity index (χ2v) is 8.38. The molecule has 0 radical (unpaired) electrons. The number of carboxylic acid groups (broad SMARTS) is 3. The van der Waals surface area contributed by atoms with E-state index >= 15 is 0 Å². The summed E-state index contributed by atoms with van der Waals surface area (Å²) in [6.07, 6.45) is 0.869. The van der Waals surface area contributed by atoms with Gasteiger partial charge < -0.3 is 15.3 Å². The molecule has 1 aliphatic heterocycles. The molecule has 0 aliphatic carbocycles. The van der Waals surface area contributed by atoms with E-state index in [-0.39, 0.29) is 25.7 Å². The summed E-state index contributed by atoms with van der Waals surface area (Å²) in [7, 11) is 0. The molecule has 1 fully saturated rings. The van der Waals surface area contributed by atoms with Crippen molar-refractivity contribution in [3.05, 3.63) is 35.9 Å². The van der Waals surface area contributed by atoms with Crippen molar-refractivity contribution in [3.8, 4) is 0 Å². The molecule has 1 heterocycles. The fraction of sp³-hybridized carbons (Fsp3) is 0.609. The Kier molecular flexibility index (Phi) is 11.2. The molecule has 1 aliphatic rings. The van der Waals surface area contributed by atoms with Gasteiger partial charge in [-0.15, -0.1) is 0 Å². The maximum atomic E-state index is 11.4. The van der Waals surface area contributed by atoms with Gasteiger partial charge in [0.1, 0.15) is 0 Å². The minimum absolute atomic E-state index is 0.109. The first-order valence-corrected chi connectivity index (χ1v) is 11.4. The summed E-state index contributed by atoms with van der Waals surface area (Å²) < 4.78 is 0. The highest BCUT2D eigenvalue weighted by Gasteiger charge is 2.23. The zero-order valence-electron chi connectivity index (χ0n) is 19.3. The third-order valence-corrected chi connectivity index (χ3v) is 5.96. The quantitative estimate of drug-likeness (QED) is 0.479. The van der Waals surface area contributed by atoms with Crippen molar-refractivity contribution in [1.82, 2.24) is 19.6 Å². The minimum Gasteiger partial charge on any atom is -0.480 e. The lowest BCUT2D eigenvalue weighted by molar-refractivity contribution is -0.140. The van der Waals surface area contributed by atoms with Crippen LogP contribution in [0.25, 0.3) is 0 Å². The van der Waals surface area contributed by atoms with Crippen LogP contribution >= 0.6 is 0 Å². The third-order valence-electron chi connectivity index (χ3n) is 5.96. The van der Waals surface area contributed by atoms with Crippen LogP contribution in [0, 0.1) is 0 Å². The minimum atomic E-state index is -0.962. The van der Waals surface area contributed by atoms with E-state index in [9.17, 15) is 29.7 Å². The molecule has 1 aromatic rings. The van der Waals surface area contributed by atoms with Crippen LogP contribution in [-0.4, -0.2) is 125 Å². The number of hydrogen-bond donors (Lipinski definition) is 3. The van der Waals surface area contributed by atoms with Crippen molar-refractivity contribution in [2.24, 2.45) is 0 Å². The number of carbonyl (C=O) groups is 3. The highest BCUT2D eigenvalue weighted by molar-refractivity contribution is 5.69. The Labute approximate surface area is 195 Å². The van der Waals surface area contributed by atoms with Crippen LogP contribution in [0.3, 0.4) is 0 Å². The summed E-state index contributed by atoms with van der Waals surface area (Å²) in [5, 5.41) is 28.0. The summed E-state index contributed by atoms with van der Waals surface area (Å²) in [6, 6.07) is 10.3. The molecule has 1 unspecified atom stereocenters. The molecule has 3 N–H and O–H groups in total. The zero-order valence-corrected chi connectivity index (χ0v) is 19.3. The van der Waals surface area contributed by atoms with Crippen molar-refractivity contribution in [1.29, 1.82) is 0 Å². The Morgan fingerprint density at radius 2 is 1.06 bits per heavy atom. The molecule has 0 spiro atoms. The number of rotatable bonds is 9. The first kappa shape index (κ1) is 26.7. The van der Waals surface area contributed by atoms with Crippen LogP contribution in [0.15, 0.2) is 30.3 Å². The molecule has 0 bridgehead atoms. The van der Waals surface area contributed by atoms with Gasteiger partial charge in [0.25, 0.3) is 0 Å². The van der Waals surface area contributed by atoms with Gasteiger partial charge in [-0.1, -0.05) is 37.3 Å². The van der Waals surface area contributed by atoms with E-state index in [0.717, 1.165) is 6.42 Å². The maximum Gasteiger partial charge on any atom is 0.317 e. The Morgan fingerprint density at radius 1 is 0.697 bits per heavy atom. The first-order valence-electron chi connectivity index (χ1n) is 11.4. The van der Waals surface area contributed by atoms with E-state index in [4.69, 9.17) is 0 Å². The van der Waals surface area contributed by atoms with Crippen molar-refractivity contribution >= 4 is 17.9 Å². The molecule has 1 saturated heterocycles. The van der Waals surface area contributed by atoms with E-state index in [1.165, 1.54) is 5.56 Å². The molecule has 0 aromatic heterocycles. The topological polar surface area (TPSA) is 125 Å². The standard InChI is InChI=1S/C23H36N4O6/c1-2-20(19-6-4-3-5-7-19)27-14-12-25(17-22(30)31)10-8-24(16-21(28)29)9-11-26(13-15-27)18-23(32)33/h3-7,20H,2,8-18H2,1H3,(H,28,29)(H,30,31)(H,32,33). The predicted molar refractivity (Wildman–Crippen MR) is 123 cm³/mol. The lowest BCUT2D eigenvalue weighted by atomic mass is 10.0. The summed E-state index contributed by atoms with van der Waals surface area (Å²) in [5.41, 5.74) is 1.18. The maximum absolute atomic E-state index is 11.4. The largest absolute Gasteiger partial charge is 0.480 e. The van der Waals surface area contributed by atoms with Crippen molar-refractivity contribution in [3.63, 3.8) is 0 Å². The highest BCUT2D eigenvalue weighted by Crippen LogP contribution is 2.24. The number of nitrogens with zero attached hydrogens (tertiary/aromatic N) is 4. The number of aliphatic carboxylic acids is 3. The van der Waals surface area contributed by atoms with E-state index < -0.39 is 17.9 Å². The molecule has 1 aromatic carbocycles. The lowest BCUT2D eigenvalue weighted by Crippen LogP contribution is -2.49. The molecule has 1 atom stereocenters. The van der Waals surface area contributed by atoms with Gasteiger partial charge in [0.05, 0.1) is 19.6 Å². The van der Waals surface area contributed by atoms with E-state index in [2.05, 4.69) is 24.0 Å². The van der Waals surface area contributed by atoms with Gasteiger partial charge in [0.2, 0.25) is 0 Å². The van der Waals surface area contributed by atoms with Crippen LogP contribution in [-0.2, 0) is 14.4 Å². The summed E-state index contributed by atoms with van der Waals surface area (Å²) in [4.78, 5) is 41.8. The van der Waals surface area contributed by atoms with E-state index in [1.807, 2.05) is 28.0 Å². The van der Waals surface area contributed by atoms with Gasteiger partial charge in [0.15, 0.2) is 0 Å². The first-order chi connectivity index (χ1) is 15.8. The van der Waals surface area contributed by atoms with Crippen LogP contribution in [0.4, 0.5) is 0 Å². The summed E-state index contributed by atoms with van der Waals surface area (Å²) in [5.74, 6) is -2.79. The molecule has 0 amide bonds. The lowest BCUT2D eigenvalue weighted by Gasteiger charge is -2.36. The Morgan fingerprint density at radius 3 is 1.39 bits per heavy atom. The predicted octanol–water partition coefficient (Wildman–Crippen LogP) is 0.613. The monoisotopic (exact) mass is 464 g/mol. The van der Waals surface area contributed by atoms with Crippen LogP contribution < -0.4 is 0 Å². The molecule has 0 saturated carbocycles. The van der Waals surface area contributed by atoms with Crippen molar-refractivity contribution < 1.29 is 29.7 Å². The Bertz CT molecular complexity index is 731.